The highest BCUT2D eigenvalue weighted by Crippen LogP contribution is 2.38. The molecule has 1 aromatic carbocycles. The molecule has 0 fully saturated rings. The fourth-order valence-corrected chi connectivity index (χ4v) is 5.30. The average Bonchev–Trinajstić information content (AvgIpc) is 3.36. The van der Waals surface area contributed by atoms with Crippen molar-refractivity contribution in [2.45, 2.75) is 19.5 Å². The van der Waals surface area contributed by atoms with Crippen molar-refractivity contribution in [3.8, 4) is 0 Å². The summed E-state index contributed by atoms with van der Waals surface area (Å²) >= 11 is 2.85. The lowest BCUT2D eigenvalue weighted by Crippen LogP contribution is -2.29. The third-order valence-electron chi connectivity index (χ3n) is 4.75. The summed E-state index contributed by atoms with van der Waals surface area (Å²) < 4.78 is 5.00. The lowest BCUT2D eigenvalue weighted by molar-refractivity contribution is 0.0600. The molecule has 3 heterocycles. The number of amides is 1. The lowest BCUT2D eigenvalue weighted by Gasteiger charge is -2.27. The van der Waals surface area contributed by atoms with E-state index in [1.807, 2.05) is 29.6 Å². The molecule has 5 nitrogen and oxygen atoms in total. The monoisotopic (exact) mass is 448 g/mol. The summed E-state index contributed by atoms with van der Waals surface area (Å²) in [6, 6.07) is 14.0. The number of nitrogens with one attached hydrogen (secondary N) is 1. The predicted molar refractivity (Wildman–Crippen MR) is 119 cm³/mol. The van der Waals surface area contributed by atoms with E-state index in [0.717, 1.165) is 36.5 Å². The van der Waals surface area contributed by atoms with Crippen molar-refractivity contribution >= 4 is 52.0 Å². The van der Waals surface area contributed by atoms with Crippen LogP contribution >= 0.6 is 35.1 Å². The number of benzene rings is 1. The molecule has 29 heavy (non-hydrogen) atoms. The Balaban J connectivity index is 0.00000240. The third kappa shape index (κ3) is 4.70. The Morgan fingerprint density at radius 3 is 2.66 bits per heavy atom. The number of anilines is 1. The largest absolute Gasteiger partial charge is 0.465 e. The van der Waals surface area contributed by atoms with E-state index in [-0.39, 0.29) is 18.3 Å². The normalized spacial score (nSPS) is 13.3. The van der Waals surface area contributed by atoms with E-state index in [1.54, 1.807) is 6.07 Å². The van der Waals surface area contributed by atoms with Crippen molar-refractivity contribution in [3.63, 3.8) is 0 Å². The summed E-state index contributed by atoms with van der Waals surface area (Å²) in [5, 5.41) is 5.36. The van der Waals surface area contributed by atoms with Crippen LogP contribution in [0.2, 0.25) is 0 Å². The number of methoxy groups -OCH3 is 1. The van der Waals surface area contributed by atoms with Crippen LogP contribution in [0, 0.1) is 0 Å². The van der Waals surface area contributed by atoms with Gasteiger partial charge in [0.25, 0.3) is 5.91 Å². The molecule has 0 aliphatic carbocycles. The number of thiophene rings is 2. The lowest BCUT2D eigenvalue weighted by atomic mass is 10.0. The Morgan fingerprint density at radius 1 is 1.17 bits per heavy atom. The summed E-state index contributed by atoms with van der Waals surface area (Å²) in [4.78, 5) is 29.0. The van der Waals surface area contributed by atoms with E-state index in [0.29, 0.717) is 15.4 Å². The quantitative estimate of drug-likeness (QED) is 0.568. The van der Waals surface area contributed by atoms with Crippen LogP contribution in [0.1, 0.15) is 36.0 Å². The van der Waals surface area contributed by atoms with Gasteiger partial charge in [-0.25, -0.2) is 4.79 Å². The zero-order valence-electron chi connectivity index (χ0n) is 15.8. The van der Waals surface area contributed by atoms with E-state index < -0.39 is 5.97 Å². The Kier molecular flexibility index (Phi) is 7.08. The summed E-state index contributed by atoms with van der Waals surface area (Å²) in [5.74, 6) is -0.588. The van der Waals surface area contributed by atoms with Gasteiger partial charge < -0.3 is 10.1 Å². The maximum Gasteiger partial charge on any atom is 0.341 e. The van der Waals surface area contributed by atoms with E-state index in [1.165, 1.54) is 35.3 Å². The van der Waals surface area contributed by atoms with E-state index in [9.17, 15) is 9.59 Å². The molecule has 0 saturated heterocycles. The second-order valence-electron chi connectivity index (χ2n) is 6.58. The molecule has 0 saturated carbocycles. The molecule has 8 heteroatoms. The van der Waals surface area contributed by atoms with Gasteiger partial charge in [0.2, 0.25) is 0 Å². The standard InChI is InChI=1S/C21H20N2O3S2.ClH/c1-26-21(25)18-15-9-10-23(12-14-6-3-2-4-7-14)13-17(15)28-20(18)22-19(24)16-8-5-11-27-16;/h2-8,11H,9-10,12-13H2,1H3,(H,22,24);1H. The fraction of sp³-hybridized carbons (Fsp3) is 0.238. The molecular formula is C21H21ClN2O3S2. The van der Waals surface area contributed by atoms with Crippen molar-refractivity contribution in [1.29, 1.82) is 0 Å². The molecule has 3 aromatic rings. The van der Waals surface area contributed by atoms with Gasteiger partial charge in [0.15, 0.2) is 0 Å². The number of nitrogens with zero attached hydrogens (tertiary/aromatic N) is 1. The van der Waals surface area contributed by atoms with Gasteiger partial charge in [0, 0.05) is 24.5 Å². The van der Waals surface area contributed by atoms with E-state index in [4.69, 9.17) is 4.74 Å². The van der Waals surface area contributed by atoms with Crippen LogP contribution < -0.4 is 5.32 Å². The number of ether oxygens (including phenoxy) is 1. The molecule has 1 amide bonds. The molecule has 0 bridgehead atoms. The first-order valence-corrected chi connectivity index (χ1v) is 10.7. The number of hydrogen-bond acceptors (Lipinski definition) is 6. The highest BCUT2D eigenvalue weighted by atomic mass is 35.5. The van der Waals surface area contributed by atoms with Crippen LogP contribution in [0.5, 0.6) is 0 Å². The van der Waals surface area contributed by atoms with Gasteiger partial charge in [0.05, 0.1) is 17.6 Å². The first-order valence-electron chi connectivity index (χ1n) is 8.99. The number of halogens is 1. The van der Waals surface area contributed by atoms with Gasteiger partial charge in [-0.05, 0) is 29.0 Å². The molecule has 0 radical (unpaired) electrons. The molecule has 1 N–H and O–H groups in total. The molecule has 1 aliphatic rings. The maximum atomic E-state index is 12.5. The highest BCUT2D eigenvalue weighted by Gasteiger charge is 2.29. The van der Waals surface area contributed by atoms with Gasteiger partial charge in [-0.15, -0.1) is 35.1 Å². The molecular weight excluding hydrogens is 428 g/mol. The topological polar surface area (TPSA) is 58.6 Å². The van der Waals surface area contributed by atoms with Crippen LogP contribution in [0.25, 0.3) is 0 Å². The van der Waals surface area contributed by atoms with Crippen LogP contribution in [0.3, 0.4) is 0 Å². The zero-order chi connectivity index (χ0) is 19.5. The summed E-state index contributed by atoms with van der Waals surface area (Å²) in [7, 11) is 1.38. The predicted octanol–water partition coefficient (Wildman–Crippen LogP) is 4.83. The number of hydrogen-bond donors (Lipinski definition) is 1. The molecule has 1 aliphatic heterocycles. The number of carbonyl (C=O) groups excluding carboxylic acids is 2. The number of esters is 1. The first kappa shape index (κ1) is 21.5. The van der Waals surface area contributed by atoms with Gasteiger partial charge >= 0.3 is 5.97 Å². The van der Waals surface area contributed by atoms with Crippen molar-refractivity contribution in [3.05, 3.63) is 74.3 Å². The summed E-state index contributed by atoms with van der Waals surface area (Å²) in [5.41, 5.74) is 2.77. The van der Waals surface area contributed by atoms with Crippen molar-refractivity contribution in [2.75, 3.05) is 19.0 Å². The molecule has 152 valence electrons. The Hall–Kier alpha value is -2.19. The minimum Gasteiger partial charge on any atom is -0.465 e. The van der Waals surface area contributed by atoms with Crippen LogP contribution in [-0.4, -0.2) is 30.4 Å². The number of carbonyl (C=O) groups is 2. The van der Waals surface area contributed by atoms with Gasteiger partial charge in [0.1, 0.15) is 5.00 Å². The molecule has 4 rings (SSSR count). The van der Waals surface area contributed by atoms with E-state index in [2.05, 4.69) is 22.3 Å². The van der Waals surface area contributed by atoms with Crippen LogP contribution in [0.4, 0.5) is 5.00 Å². The maximum absolute atomic E-state index is 12.5. The van der Waals surface area contributed by atoms with Gasteiger partial charge in [-0.1, -0.05) is 36.4 Å². The fourth-order valence-electron chi connectivity index (χ4n) is 3.41. The smallest absolute Gasteiger partial charge is 0.341 e. The Morgan fingerprint density at radius 2 is 1.97 bits per heavy atom. The molecule has 0 unspecified atom stereocenters. The summed E-state index contributed by atoms with van der Waals surface area (Å²) in [6.45, 7) is 2.48. The Labute approximate surface area is 183 Å². The minimum atomic E-state index is -0.393. The van der Waals surface area contributed by atoms with Gasteiger partial charge in [-0.3, -0.25) is 9.69 Å². The summed E-state index contributed by atoms with van der Waals surface area (Å²) in [6.07, 6.45) is 0.762. The second kappa shape index (κ2) is 9.54. The Bertz CT molecular complexity index is 987. The first-order chi connectivity index (χ1) is 13.7. The third-order valence-corrected chi connectivity index (χ3v) is 6.75. The van der Waals surface area contributed by atoms with Crippen LogP contribution in [-0.2, 0) is 24.2 Å². The average molecular weight is 449 g/mol. The SMILES string of the molecule is COC(=O)c1c(NC(=O)c2cccs2)sc2c1CCN(Cc1ccccc1)C2.Cl. The van der Waals surface area contributed by atoms with Crippen molar-refractivity contribution in [2.24, 2.45) is 0 Å². The highest BCUT2D eigenvalue weighted by molar-refractivity contribution is 7.17. The molecule has 2 aromatic heterocycles. The minimum absolute atomic E-state index is 0. The molecule has 0 atom stereocenters. The van der Waals surface area contributed by atoms with Crippen molar-refractivity contribution < 1.29 is 14.3 Å². The zero-order valence-corrected chi connectivity index (χ0v) is 18.3. The number of rotatable bonds is 5. The van der Waals surface area contributed by atoms with Gasteiger partial charge in [-0.2, -0.15) is 0 Å². The van der Waals surface area contributed by atoms with E-state index >= 15 is 0 Å². The number of fused-ring (bicyclic) bond motifs is 1. The molecule has 0 spiro atoms. The second-order valence-corrected chi connectivity index (χ2v) is 8.63. The van der Waals surface area contributed by atoms with Crippen molar-refractivity contribution in [1.82, 2.24) is 4.90 Å². The van der Waals surface area contributed by atoms with Crippen LogP contribution in [0.15, 0.2) is 47.8 Å².